The molecule has 0 aromatic heterocycles. The third kappa shape index (κ3) is 15.2. The lowest BCUT2D eigenvalue weighted by atomic mass is 9.83. The Labute approximate surface area is 245 Å². The smallest absolute Gasteiger partial charge is 0.306 e. The van der Waals surface area contributed by atoms with Crippen molar-refractivity contribution >= 4 is 11.9 Å². The van der Waals surface area contributed by atoms with Crippen molar-refractivity contribution in [3.8, 4) is 0 Å². The summed E-state index contributed by atoms with van der Waals surface area (Å²) in [5, 5.41) is 0. The summed E-state index contributed by atoms with van der Waals surface area (Å²) in [6.07, 6.45) is 16.9. The average molecular weight is 559 g/mol. The summed E-state index contributed by atoms with van der Waals surface area (Å²) in [4.78, 5) is 24.3. The van der Waals surface area contributed by atoms with Gasteiger partial charge in [0.05, 0.1) is 6.10 Å². The molecule has 0 atom stereocenters. The lowest BCUT2D eigenvalue weighted by Gasteiger charge is -2.29. The third-order valence-corrected chi connectivity index (χ3v) is 8.15. The minimum Gasteiger partial charge on any atom is -0.460 e. The maximum Gasteiger partial charge on any atom is 0.306 e. The van der Waals surface area contributed by atoms with Crippen molar-refractivity contribution in [3.63, 3.8) is 0 Å². The van der Waals surface area contributed by atoms with Gasteiger partial charge in [0.15, 0.2) is 0 Å². The van der Waals surface area contributed by atoms with E-state index < -0.39 is 11.2 Å². The Morgan fingerprint density at radius 1 is 0.700 bits per heavy atom. The van der Waals surface area contributed by atoms with Crippen LogP contribution in [-0.2, 0) is 23.8 Å². The zero-order valence-electron chi connectivity index (χ0n) is 26.3. The van der Waals surface area contributed by atoms with Gasteiger partial charge in [-0.2, -0.15) is 0 Å². The predicted octanol–water partition coefficient (Wildman–Crippen LogP) is 9.46. The maximum absolute atomic E-state index is 12.4. The molecule has 40 heavy (non-hydrogen) atoms. The van der Waals surface area contributed by atoms with Gasteiger partial charge in [0.25, 0.3) is 0 Å². The van der Waals surface area contributed by atoms with E-state index in [-0.39, 0.29) is 11.9 Å². The van der Waals surface area contributed by atoms with Gasteiger partial charge in [-0.3, -0.25) is 9.59 Å². The highest BCUT2D eigenvalue weighted by Crippen LogP contribution is 2.34. The molecule has 228 valence electrons. The number of hydrogen-bond acceptors (Lipinski definition) is 5. The number of esters is 2. The van der Waals surface area contributed by atoms with Crippen molar-refractivity contribution in [3.05, 3.63) is 35.9 Å². The van der Waals surface area contributed by atoms with E-state index in [1.165, 1.54) is 31.2 Å². The van der Waals surface area contributed by atoms with Gasteiger partial charge in [0.2, 0.25) is 0 Å². The van der Waals surface area contributed by atoms with Crippen LogP contribution in [-0.4, -0.2) is 35.9 Å². The molecule has 5 nitrogen and oxygen atoms in total. The molecule has 1 aliphatic carbocycles. The molecule has 0 amide bonds. The first-order valence-corrected chi connectivity index (χ1v) is 16.2. The van der Waals surface area contributed by atoms with E-state index in [1.54, 1.807) is 0 Å². The molecule has 0 bridgehead atoms. The maximum atomic E-state index is 12.4. The first-order valence-electron chi connectivity index (χ1n) is 16.2. The Bertz CT molecular complexity index is 823. The fourth-order valence-electron chi connectivity index (χ4n) is 5.68. The van der Waals surface area contributed by atoms with E-state index in [2.05, 4.69) is 37.3 Å². The summed E-state index contributed by atoms with van der Waals surface area (Å²) in [7, 11) is 0. The molecule has 0 heterocycles. The van der Waals surface area contributed by atoms with Gasteiger partial charge in [0.1, 0.15) is 11.2 Å². The summed E-state index contributed by atoms with van der Waals surface area (Å²) in [6.45, 7) is 10.9. The summed E-state index contributed by atoms with van der Waals surface area (Å²) in [6, 6.07) is 10.9. The Morgan fingerprint density at radius 2 is 1.23 bits per heavy atom. The molecule has 0 aliphatic heterocycles. The second kappa shape index (κ2) is 18.5. The zero-order chi connectivity index (χ0) is 29.3. The van der Waals surface area contributed by atoms with Crippen LogP contribution in [0.3, 0.4) is 0 Å². The first-order chi connectivity index (χ1) is 19.1. The van der Waals surface area contributed by atoms with Crippen LogP contribution in [0.1, 0.15) is 155 Å². The van der Waals surface area contributed by atoms with Crippen molar-refractivity contribution in [1.29, 1.82) is 0 Å². The van der Waals surface area contributed by atoms with Crippen LogP contribution in [0, 0.1) is 0 Å². The van der Waals surface area contributed by atoms with Gasteiger partial charge in [-0.1, -0.05) is 62.9 Å². The predicted molar refractivity (Wildman–Crippen MR) is 163 cm³/mol. The van der Waals surface area contributed by atoms with Gasteiger partial charge in [0, 0.05) is 19.4 Å². The molecular formula is C35H58O5. The number of carbonyl (C=O) groups is 2. The number of unbranched alkanes of at least 4 members (excludes halogenated alkanes) is 6. The monoisotopic (exact) mass is 558 g/mol. The van der Waals surface area contributed by atoms with Crippen LogP contribution < -0.4 is 0 Å². The Balaban J connectivity index is 1.45. The number of ether oxygens (including phenoxy) is 3. The average Bonchev–Trinajstić information content (AvgIpc) is 2.91. The van der Waals surface area contributed by atoms with Crippen LogP contribution >= 0.6 is 0 Å². The van der Waals surface area contributed by atoms with Crippen LogP contribution in [0.2, 0.25) is 0 Å². The van der Waals surface area contributed by atoms with E-state index in [1.807, 2.05) is 27.7 Å². The minimum atomic E-state index is -0.443. The molecule has 1 aromatic carbocycles. The van der Waals surface area contributed by atoms with Crippen molar-refractivity contribution in [1.82, 2.24) is 0 Å². The second-order valence-corrected chi connectivity index (χ2v) is 13.1. The zero-order valence-corrected chi connectivity index (χ0v) is 26.3. The summed E-state index contributed by atoms with van der Waals surface area (Å²) < 4.78 is 17.6. The largest absolute Gasteiger partial charge is 0.460 e. The van der Waals surface area contributed by atoms with Crippen LogP contribution in [0.4, 0.5) is 0 Å². The Morgan fingerprint density at radius 3 is 1.80 bits per heavy atom. The van der Waals surface area contributed by atoms with Crippen molar-refractivity contribution in [2.45, 2.75) is 167 Å². The highest BCUT2D eigenvalue weighted by atomic mass is 16.6. The van der Waals surface area contributed by atoms with Crippen molar-refractivity contribution in [2.24, 2.45) is 0 Å². The molecule has 1 aromatic rings. The van der Waals surface area contributed by atoms with Gasteiger partial charge < -0.3 is 14.2 Å². The SMILES string of the molecule is CCCCC(=O)OC(C)(C)CCCCCC(=O)OC(C)(C)CCCCCCOC1CCC(c2ccccc2)CC1. The topological polar surface area (TPSA) is 61.8 Å². The molecule has 0 radical (unpaired) electrons. The molecule has 0 unspecified atom stereocenters. The normalized spacial score (nSPS) is 17.9. The first kappa shape index (κ1) is 34.3. The van der Waals surface area contributed by atoms with Gasteiger partial charge in [-0.15, -0.1) is 0 Å². The van der Waals surface area contributed by atoms with Crippen LogP contribution in [0.5, 0.6) is 0 Å². The highest BCUT2D eigenvalue weighted by molar-refractivity contribution is 5.70. The molecular weight excluding hydrogens is 500 g/mol. The van der Waals surface area contributed by atoms with Crippen LogP contribution in [0.25, 0.3) is 0 Å². The van der Waals surface area contributed by atoms with Crippen LogP contribution in [0.15, 0.2) is 30.3 Å². The second-order valence-electron chi connectivity index (χ2n) is 13.1. The van der Waals surface area contributed by atoms with E-state index in [0.29, 0.717) is 24.9 Å². The van der Waals surface area contributed by atoms with Gasteiger partial charge >= 0.3 is 11.9 Å². The fraction of sp³-hybridized carbons (Fsp3) is 0.771. The van der Waals surface area contributed by atoms with E-state index in [9.17, 15) is 9.59 Å². The molecule has 1 saturated carbocycles. The van der Waals surface area contributed by atoms with E-state index in [4.69, 9.17) is 14.2 Å². The molecule has 1 aliphatic rings. The van der Waals surface area contributed by atoms with E-state index in [0.717, 1.165) is 77.2 Å². The Hall–Kier alpha value is -1.88. The van der Waals surface area contributed by atoms with E-state index >= 15 is 0 Å². The summed E-state index contributed by atoms with van der Waals surface area (Å²) in [5.74, 6) is 0.484. The molecule has 5 heteroatoms. The summed E-state index contributed by atoms with van der Waals surface area (Å²) in [5.41, 5.74) is 0.619. The lowest BCUT2D eigenvalue weighted by molar-refractivity contribution is -0.157. The molecule has 0 saturated heterocycles. The van der Waals surface area contributed by atoms with Gasteiger partial charge in [-0.05, 0) is 110 Å². The summed E-state index contributed by atoms with van der Waals surface area (Å²) >= 11 is 0. The lowest BCUT2D eigenvalue weighted by Crippen LogP contribution is -2.28. The molecule has 2 rings (SSSR count). The van der Waals surface area contributed by atoms with Crippen molar-refractivity contribution < 1.29 is 23.8 Å². The highest BCUT2D eigenvalue weighted by Gasteiger charge is 2.24. The third-order valence-electron chi connectivity index (χ3n) is 8.15. The molecule has 0 N–H and O–H groups in total. The quantitative estimate of drug-likeness (QED) is 0.118. The molecule has 0 spiro atoms. The Kier molecular flexibility index (Phi) is 15.9. The van der Waals surface area contributed by atoms with Crippen molar-refractivity contribution in [2.75, 3.05) is 6.61 Å². The minimum absolute atomic E-state index is 0.106. The number of hydrogen-bond donors (Lipinski definition) is 0. The molecule has 1 fully saturated rings. The number of benzene rings is 1. The number of rotatable bonds is 20. The standard InChI is InChI=1S/C35H58O5/c1-6-7-20-32(36)39-35(4,5)27-16-11-14-21-33(37)40-34(2,3)26-15-8-9-17-28-38-31-24-22-30(23-25-31)29-18-12-10-13-19-29/h10,12-13,18-19,30-31H,6-9,11,14-17,20-28H2,1-5H3. The van der Waals surface area contributed by atoms with Gasteiger partial charge in [-0.25, -0.2) is 0 Å². The number of carbonyl (C=O) groups excluding carboxylic acids is 2. The fourth-order valence-corrected chi connectivity index (χ4v) is 5.68.